The van der Waals surface area contributed by atoms with E-state index in [2.05, 4.69) is 59.5 Å². The second-order valence-electron chi connectivity index (χ2n) is 8.89. The zero-order chi connectivity index (χ0) is 22.5. The fourth-order valence-corrected chi connectivity index (χ4v) is 4.55. The van der Waals surface area contributed by atoms with Crippen LogP contribution in [0.25, 0.3) is 10.8 Å². The van der Waals surface area contributed by atoms with E-state index in [1.54, 1.807) is 0 Å². The van der Waals surface area contributed by atoms with Crippen molar-refractivity contribution >= 4 is 22.4 Å². The first-order chi connectivity index (χ1) is 16.3. The summed E-state index contributed by atoms with van der Waals surface area (Å²) in [5, 5.41) is 2.59. The lowest BCUT2D eigenvalue weighted by Gasteiger charge is -2.26. The van der Waals surface area contributed by atoms with Crippen LogP contribution in [0.5, 0.6) is 0 Å². The van der Waals surface area contributed by atoms with Crippen molar-refractivity contribution in [3.63, 3.8) is 0 Å². The number of hydrogen-bond acceptors (Lipinski definition) is 2. The smallest absolute Gasteiger partial charge is 0.228 e. The molecule has 0 unspecified atom stereocenters. The van der Waals surface area contributed by atoms with E-state index in [0.717, 1.165) is 24.3 Å². The van der Waals surface area contributed by atoms with Gasteiger partial charge in [-0.15, -0.1) is 0 Å². The van der Waals surface area contributed by atoms with Gasteiger partial charge in [-0.2, -0.15) is 0 Å². The number of fused-ring (bicyclic) bond motifs is 1. The number of carbonyl (C=O) groups excluding carboxylic acids is 1. The monoisotopic (exact) mass is 434 g/mol. The van der Waals surface area contributed by atoms with Crippen molar-refractivity contribution in [2.24, 2.45) is 0 Å². The Hall–Kier alpha value is -3.43. The van der Waals surface area contributed by atoms with Crippen molar-refractivity contribution in [1.29, 1.82) is 0 Å². The first-order valence-electron chi connectivity index (χ1n) is 11.9. The molecule has 0 aliphatic heterocycles. The second-order valence-corrected chi connectivity index (χ2v) is 8.89. The highest BCUT2D eigenvalue weighted by molar-refractivity contribution is 5.93. The van der Waals surface area contributed by atoms with E-state index in [4.69, 9.17) is 0 Å². The molecule has 4 aromatic rings. The molecule has 3 heteroatoms. The van der Waals surface area contributed by atoms with Crippen molar-refractivity contribution in [2.75, 3.05) is 11.4 Å². The van der Waals surface area contributed by atoms with Gasteiger partial charge in [-0.3, -0.25) is 9.69 Å². The predicted octanol–water partition coefficient (Wildman–Crippen LogP) is 6.43. The van der Waals surface area contributed by atoms with Crippen LogP contribution in [0.1, 0.15) is 30.4 Å². The molecule has 0 heterocycles. The van der Waals surface area contributed by atoms with E-state index in [9.17, 15) is 4.79 Å². The van der Waals surface area contributed by atoms with Gasteiger partial charge in [0.2, 0.25) is 5.91 Å². The molecule has 1 saturated carbocycles. The van der Waals surface area contributed by atoms with Crippen LogP contribution in [0, 0.1) is 0 Å². The highest BCUT2D eigenvalue weighted by Gasteiger charge is 2.30. The Kier molecular flexibility index (Phi) is 6.50. The van der Waals surface area contributed by atoms with Crippen LogP contribution >= 0.6 is 0 Å². The molecule has 3 nitrogen and oxygen atoms in total. The molecule has 0 atom stereocenters. The number of nitrogens with zero attached hydrogens (tertiary/aromatic N) is 2. The molecule has 5 rings (SSSR count). The van der Waals surface area contributed by atoms with Gasteiger partial charge in [0, 0.05) is 31.2 Å². The molecule has 0 bridgehead atoms. The lowest BCUT2D eigenvalue weighted by atomic mass is 10.0. The molecule has 0 N–H and O–H groups in total. The maximum Gasteiger partial charge on any atom is 0.228 e. The molecular weight excluding hydrogens is 404 g/mol. The van der Waals surface area contributed by atoms with Gasteiger partial charge in [-0.1, -0.05) is 91.0 Å². The summed E-state index contributed by atoms with van der Waals surface area (Å²) < 4.78 is 0. The molecule has 0 aromatic heterocycles. The van der Waals surface area contributed by atoms with Crippen molar-refractivity contribution < 1.29 is 4.79 Å². The summed E-state index contributed by atoms with van der Waals surface area (Å²) in [5.41, 5.74) is 3.44. The van der Waals surface area contributed by atoms with E-state index in [0.29, 0.717) is 19.0 Å². The molecule has 0 spiro atoms. The van der Waals surface area contributed by atoms with Gasteiger partial charge in [0.15, 0.2) is 0 Å². The van der Waals surface area contributed by atoms with Crippen LogP contribution in [-0.4, -0.2) is 23.4 Å². The largest absolute Gasteiger partial charge is 0.308 e. The lowest BCUT2D eigenvalue weighted by Crippen LogP contribution is -2.35. The van der Waals surface area contributed by atoms with Crippen LogP contribution in [0.15, 0.2) is 103 Å². The molecule has 1 fully saturated rings. The SMILES string of the molecule is O=C(CCN(Cc1cccc2ccccc12)C1CC1)N(Cc1ccccc1)c1ccccc1. The molecule has 4 aromatic carbocycles. The zero-order valence-electron chi connectivity index (χ0n) is 18.9. The Balaban J connectivity index is 1.31. The van der Waals surface area contributed by atoms with E-state index in [1.165, 1.54) is 29.2 Å². The molecule has 1 aliphatic rings. The topological polar surface area (TPSA) is 23.6 Å². The summed E-state index contributed by atoms with van der Waals surface area (Å²) in [6.45, 7) is 2.27. The quantitative estimate of drug-likeness (QED) is 0.303. The van der Waals surface area contributed by atoms with Crippen LogP contribution in [0.4, 0.5) is 5.69 Å². The average molecular weight is 435 g/mol. The fraction of sp³-hybridized carbons (Fsp3) is 0.233. The van der Waals surface area contributed by atoms with Crippen LogP contribution in [0.3, 0.4) is 0 Å². The number of para-hydroxylation sites is 1. The lowest BCUT2D eigenvalue weighted by molar-refractivity contribution is -0.119. The van der Waals surface area contributed by atoms with Gasteiger partial charge in [0.1, 0.15) is 0 Å². The third kappa shape index (κ3) is 5.32. The van der Waals surface area contributed by atoms with Gasteiger partial charge >= 0.3 is 0 Å². The Labute approximate surface area is 196 Å². The van der Waals surface area contributed by atoms with Crippen molar-refractivity contribution in [3.05, 3.63) is 114 Å². The number of carbonyl (C=O) groups is 1. The Morgan fingerprint density at radius 2 is 1.39 bits per heavy atom. The van der Waals surface area contributed by atoms with E-state index < -0.39 is 0 Å². The van der Waals surface area contributed by atoms with Crippen molar-refractivity contribution in [2.45, 2.75) is 38.4 Å². The summed E-state index contributed by atoms with van der Waals surface area (Å²) in [7, 11) is 0. The molecule has 1 aliphatic carbocycles. The Morgan fingerprint density at radius 3 is 2.15 bits per heavy atom. The summed E-state index contributed by atoms with van der Waals surface area (Å²) in [6, 6.07) is 36.0. The minimum Gasteiger partial charge on any atom is -0.308 e. The molecule has 0 saturated heterocycles. The number of hydrogen-bond donors (Lipinski definition) is 0. The van der Waals surface area contributed by atoms with Crippen molar-refractivity contribution in [3.8, 4) is 0 Å². The summed E-state index contributed by atoms with van der Waals surface area (Å²) in [5.74, 6) is 0.175. The minimum atomic E-state index is 0.175. The van der Waals surface area contributed by atoms with Crippen LogP contribution in [0.2, 0.25) is 0 Å². The predicted molar refractivity (Wildman–Crippen MR) is 136 cm³/mol. The maximum atomic E-state index is 13.5. The first kappa shape index (κ1) is 21.4. The second kappa shape index (κ2) is 10.0. The maximum absolute atomic E-state index is 13.5. The molecule has 1 amide bonds. The van der Waals surface area contributed by atoms with E-state index >= 15 is 0 Å². The van der Waals surface area contributed by atoms with Crippen molar-refractivity contribution in [1.82, 2.24) is 4.90 Å². The zero-order valence-corrected chi connectivity index (χ0v) is 18.9. The fourth-order valence-electron chi connectivity index (χ4n) is 4.55. The highest BCUT2D eigenvalue weighted by Crippen LogP contribution is 2.30. The van der Waals surface area contributed by atoms with Gasteiger partial charge in [0.05, 0.1) is 6.54 Å². The van der Waals surface area contributed by atoms with Gasteiger partial charge in [-0.05, 0) is 46.9 Å². The molecule has 33 heavy (non-hydrogen) atoms. The van der Waals surface area contributed by atoms with Gasteiger partial charge < -0.3 is 4.90 Å². The summed E-state index contributed by atoms with van der Waals surface area (Å²) >= 11 is 0. The third-order valence-electron chi connectivity index (χ3n) is 6.48. The number of benzene rings is 4. The molecule has 0 radical (unpaired) electrons. The molecular formula is C30H30N2O. The Bertz CT molecular complexity index is 1200. The number of anilines is 1. The van der Waals surface area contributed by atoms with Crippen LogP contribution in [-0.2, 0) is 17.9 Å². The number of rotatable bonds is 9. The van der Waals surface area contributed by atoms with E-state index in [-0.39, 0.29) is 5.91 Å². The van der Waals surface area contributed by atoms with Crippen LogP contribution < -0.4 is 4.90 Å². The minimum absolute atomic E-state index is 0.175. The summed E-state index contributed by atoms with van der Waals surface area (Å²) in [6.07, 6.45) is 2.97. The summed E-state index contributed by atoms with van der Waals surface area (Å²) in [4.78, 5) is 17.9. The normalized spacial score (nSPS) is 13.4. The first-order valence-corrected chi connectivity index (χ1v) is 11.9. The third-order valence-corrected chi connectivity index (χ3v) is 6.48. The average Bonchev–Trinajstić information content (AvgIpc) is 3.72. The standard InChI is InChI=1S/C30H30N2O/c33-30(32(28-15-5-2-6-16-28)22-24-10-3-1-4-11-24)20-21-31(27-18-19-27)23-26-14-9-13-25-12-7-8-17-29(25)26/h1-17,27H,18-23H2. The van der Waals surface area contributed by atoms with Gasteiger partial charge in [-0.25, -0.2) is 0 Å². The van der Waals surface area contributed by atoms with E-state index in [1.807, 2.05) is 53.4 Å². The van der Waals surface area contributed by atoms with Gasteiger partial charge in [0.25, 0.3) is 0 Å². The number of amides is 1. The Morgan fingerprint density at radius 1 is 0.727 bits per heavy atom. The molecule has 166 valence electrons. The highest BCUT2D eigenvalue weighted by atomic mass is 16.2.